The minimum Gasteiger partial charge on any atom is -1.00 e. The molecule has 3 aromatic rings. The van der Waals surface area contributed by atoms with Crippen molar-refractivity contribution in [1.29, 1.82) is 0 Å². The molecule has 1 aliphatic rings. The molecule has 218 valence electrons. The van der Waals surface area contributed by atoms with Crippen LogP contribution >= 0.6 is 0 Å². The Morgan fingerprint density at radius 2 is 1.05 bits per heavy atom. The first-order valence-electron chi connectivity index (χ1n) is 14.6. The monoisotopic (exact) mass is 658 g/mol. The summed E-state index contributed by atoms with van der Waals surface area (Å²) in [5, 5.41) is 4.59. The summed E-state index contributed by atoms with van der Waals surface area (Å²) in [6, 6.07) is 29.0. The van der Waals surface area contributed by atoms with E-state index >= 15 is 0 Å². The number of allylic oxidation sites excluding steroid dienone is 4. The van der Waals surface area contributed by atoms with E-state index < -0.39 is 8.07 Å². The summed E-state index contributed by atoms with van der Waals surface area (Å²) in [4.78, 5) is 0. The average Bonchev–Trinajstić information content (AvgIpc) is 3.29. The second-order valence-corrected chi connectivity index (χ2v) is 18.1. The molecule has 0 saturated carbocycles. The maximum absolute atomic E-state index is 2.61. The van der Waals surface area contributed by atoms with Gasteiger partial charge in [-0.2, -0.15) is 0 Å². The molecular weight excluding hydrogens is 615 g/mol. The topological polar surface area (TPSA) is 0 Å². The van der Waals surface area contributed by atoms with Crippen molar-refractivity contribution in [3.8, 4) is 0 Å². The van der Waals surface area contributed by atoms with Crippen molar-refractivity contribution in [1.82, 2.24) is 0 Å². The maximum Gasteiger partial charge on any atom is -1.00 e. The first-order chi connectivity index (χ1) is 18.1. The Hall–Kier alpha value is -1.06. The van der Waals surface area contributed by atoms with E-state index in [1.807, 2.05) is 0 Å². The third-order valence-electron chi connectivity index (χ3n) is 8.50. The fourth-order valence-electron chi connectivity index (χ4n) is 6.14. The average molecular weight is 660 g/mol. The molecule has 0 fully saturated rings. The predicted molar refractivity (Wildman–Crippen MR) is 166 cm³/mol. The molecule has 0 N–H and O–H groups in total. The number of halogens is 3. The summed E-state index contributed by atoms with van der Waals surface area (Å²) in [7, 11) is -2.61. The Labute approximate surface area is 281 Å². The van der Waals surface area contributed by atoms with Gasteiger partial charge in [0.2, 0.25) is 0 Å². The standard InChI is InChI=1S/C36H45Si.3ClH.Ti/c1-8-9-14-29-15-13-22-36(29)37(33-19-10-16-30(23-33)26(2)3,34-20-11-17-31(24-34)27(4)5)35-21-12-18-32(25-35)28(6)7;;;;/h10-13,15-28H,8-9,14H2,1-7H3;3*1H;/q;;;;+3/p-3. The molecule has 0 aliphatic heterocycles. The van der Waals surface area contributed by atoms with Gasteiger partial charge in [0.1, 0.15) is 0 Å². The fourth-order valence-corrected chi connectivity index (χ4v) is 14.2. The van der Waals surface area contributed by atoms with Crippen LogP contribution in [0.3, 0.4) is 0 Å². The van der Waals surface area contributed by atoms with Crippen LogP contribution < -0.4 is 52.8 Å². The Kier molecular flexibility index (Phi) is 14.9. The first kappa shape index (κ1) is 38.0. The van der Waals surface area contributed by atoms with Crippen LogP contribution in [0.15, 0.2) is 96.6 Å². The number of hydrogen-bond acceptors (Lipinski definition) is 0. The summed E-state index contributed by atoms with van der Waals surface area (Å²) in [6.07, 6.45) is 11.0. The molecule has 0 spiro atoms. The van der Waals surface area contributed by atoms with Crippen LogP contribution in [0.25, 0.3) is 0 Å². The molecule has 5 heteroatoms. The largest absolute Gasteiger partial charge is 1.00 e. The predicted octanol–water partition coefficient (Wildman–Crippen LogP) is -0.530. The molecule has 0 bridgehead atoms. The summed E-state index contributed by atoms with van der Waals surface area (Å²) in [6.45, 7) is 16.3. The van der Waals surface area contributed by atoms with Gasteiger partial charge in [-0.15, -0.1) is 0 Å². The molecule has 0 nitrogen and oxygen atoms in total. The van der Waals surface area contributed by atoms with Gasteiger partial charge in [0.15, 0.2) is 0 Å². The minimum absolute atomic E-state index is 0. The van der Waals surface area contributed by atoms with Crippen LogP contribution in [-0.2, 0) is 20.4 Å². The normalized spacial score (nSPS) is 16.3. The third kappa shape index (κ3) is 7.37. The van der Waals surface area contributed by atoms with Gasteiger partial charge in [0.05, 0.1) is 0 Å². The van der Waals surface area contributed by atoms with Crippen LogP contribution in [0.2, 0.25) is 3.34 Å². The number of rotatable bonds is 10. The Balaban J connectivity index is 0.00000280. The van der Waals surface area contributed by atoms with Gasteiger partial charge in [-0.25, -0.2) is 0 Å². The van der Waals surface area contributed by atoms with Gasteiger partial charge in [-0.1, -0.05) is 0 Å². The molecule has 1 atom stereocenters. The smallest absolute Gasteiger partial charge is 1.00 e. The van der Waals surface area contributed by atoms with E-state index in [2.05, 4.69) is 160 Å². The molecule has 1 aliphatic carbocycles. The molecule has 0 heterocycles. The molecule has 0 radical (unpaired) electrons. The summed E-state index contributed by atoms with van der Waals surface area (Å²) >= 11 is 2.57. The summed E-state index contributed by atoms with van der Waals surface area (Å²) in [5.74, 6) is 1.48. The number of hydrogen-bond donors (Lipinski definition) is 0. The second kappa shape index (κ2) is 16.1. The Morgan fingerprint density at radius 1 is 0.659 bits per heavy atom. The van der Waals surface area contributed by atoms with Gasteiger partial charge < -0.3 is 37.2 Å². The number of benzene rings is 3. The third-order valence-corrected chi connectivity index (χ3v) is 16.2. The molecule has 1 unspecified atom stereocenters. The van der Waals surface area contributed by atoms with E-state index in [0.29, 0.717) is 17.8 Å². The van der Waals surface area contributed by atoms with E-state index in [9.17, 15) is 0 Å². The van der Waals surface area contributed by atoms with Gasteiger partial charge in [-0.3, -0.25) is 0 Å². The van der Waals surface area contributed by atoms with Crippen molar-refractivity contribution in [2.24, 2.45) is 0 Å². The molecule has 0 amide bonds. The quantitative estimate of drug-likeness (QED) is 0.203. The van der Waals surface area contributed by atoms with E-state index in [1.165, 1.54) is 45.1 Å². The summed E-state index contributed by atoms with van der Waals surface area (Å²) < 4.78 is -0.0526. The molecule has 41 heavy (non-hydrogen) atoms. The molecule has 4 rings (SSSR count). The van der Waals surface area contributed by atoms with Crippen molar-refractivity contribution in [3.63, 3.8) is 0 Å². The van der Waals surface area contributed by atoms with Crippen molar-refractivity contribution in [3.05, 3.63) is 113 Å². The van der Waals surface area contributed by atoms with Crippen LogP contribution in [-0.4, -0.2) is 8.07 Å². The molecule has 0 saturated heterocycles. The maximum atomic E-state index is 2.57. The Morgan fingerprint density at radius 3 is 1.39 bits per heavy atom. The molecular formula is C36H45Cl3SiTi. The van der Waals surface area contributed by atoms with Gasteiger partial charge in [0.25, 0.3) is 0 Å². The number of unbranched alkanes of at least 4 members (excludes halogenated alkanes) is 1. The first-order valence-corrected chi connectivity index (χ1v) is 17.4. The van der Waals surface area contributed by atoms with Crippen molar-refractivity contribution in [2.45, 2.75) is 88.8 Å². The minimum atomic E-state index is -2.61. The molecule has 3 aromatic carbocycles. The van der Waals surface area contributed by atoms with E-state index in [4.69, 9.17) is 0 Å². The van der Waals surface area contributed by atoms with Crippen LogP contribution in [0.4, 0.5) is 0 Å². The van der Waals surface area contributed by atoms with E-state index in [-0.39, 0.29) is 40.6 Å². The van der Waals surface area contributed by atoms with Crippen LogP contribution in [0.1, 0.15) is 102 Å². The van der Waals surface area contributed by atoms with Gasteiger partial charge >= 0.3 is 246 Å². The van der Waals surface area contributed by atoms with Crippen LogP contribution in [0.5, 0.6) is 0 Å². The van der Waals surface area contributed by atoms with Crippen molar-refractivity contribution < 1.29 is 57.7 Å². The fraction of sp³-hybridized carbons (Fsp3) is 0.389. The zero-order chi connectivity index (χ0) is 27.5. The van der Waals surface area contributed by atoms with E-state index in [1.54, 1.807) is 5.57 Å². The SMILES string of the molecule is CCCCC1=CC=C[C]1([Ti+3])[Si](c1cccc(C(C)C)c1)(c1cccc(C(C)C)c1)c1cccc(C(C)C)c1.[Cl-].[Cl-].[Cl-]. The zero-order valence-electron chi connectivity index (χ0n) is 25.6. The van der Waals surface area contributed by atoms with Crippen molar-refractivity contribution >= 4 is 23.6 Å². The molecule has 0 aromatic heterocycles. The van der Waals surface area contributed by atoms with Gasteiger partial charge in [0, 0.05) is 0 Å². The van der Waals surface area contributed by atoms with Gasteiger partial charge in [-0.05, 0) is 0 Å². The van der Waals surface area contributed by atoms with Crippen molar-refractivity contribution in [2.75, 3.05) is 0 Å². The zero-order valence-corrected chi connectivity index (χ0v) is 30.5. The van der Waals surface area contributed by atoms with E-state index in [0.717, 1.165) is 6.42 Å². The van der Waals surface area contributed by atoms with Crippen LogP contribution in [0, 0.1) is 0 Å². The Bertz CT molecular complexity index is 1200. The summed E-state index contributed by atoms with van der Waals surface area (Å²) in [5.41, 5.74) is 5.91. The second-order valence-electron chi connectivity index (χ2n) is 12.1.